The Hall–Kier alpha value is -2.12. The van der Waals surface area contributed by atoms with E-state index >= 15 is 0 Å². The molecule has 0 aliphatic carbocycles. The van der Waals surface area contributed by atoms with Crippen LogP contribution in [-0.2, 0) is 4.79 Å². The number of benzene rings is 2. The topological polar surface area (TPSA) is 48.5 Å². The number of amides is 1. The minimum Gasteiger partial charge on any atom is -0.346 e. The number of anilines is 2. The van der Waals surface area contributed by atoms with E-state index in [4.69, 9.17) is 28.2 Å². The second-order valence-electron chi connectivity index (χ2n) is 7.53. The van der Waals surface area contributed by atoms with Gasteiger partial charge in [0.2, 0.25) is 5.91 Å². The molecule has 1 aliphatic rings. The van der Waals surface area contributed by atoms with Crippen LogP contribution < -0.4 is 10.2 Å². The van der Waals surface area contributed by atoms with E-state index in [9.17, 15) is 4.79 Å². The van der Waals surface area contributed by atoms with E-state index in [1.165, 1.54) is 6.08 Å². The molecule has 1 saturated heterocycles. The van der Waals surface area contributed by atoms with Crippen molar-refractivity contribution in [2.45, 2.75) is 12.5 Å². The van der Waals surface area contributed by atoms with Gasteiger partial charge in [-0.05, 0) is 62.5 Å². The molecule has 1 amide bonds. The second kappa shape index (κ2) is 8.94. The van der Waals surface area contributed by atoms with Crippen molar-refractivity contribution in [2.75, 3.05) is 37.4 Å². The maximum Gasteiger partial charge on any atom is 0.248 e. The highest BCUT2D eigenvalue weighted by molar-refractivity contribution is 7.22. The molecule has 156 valence electrons. The van der Waals surface area contributed by atoms with E-state index in [2.05, 4.69) is 29.2 Å². The fraction of sp³-hybridized carbons (Fsp3) is 0.273. The summed E-state index contributed by atoms with van der Waals surface area (Å²) >= 11 is 13.6. The van der Waals surface area contributed by atoms with Gasteiger partial charge < -0.3 is 15.1 Å². The Balaban J connectivity index is 1.44. The zero-order valence-corrected chi connectivity index (χ0v) is 19.1. The van der Waals surface area contributed by atoms with Crippen LogP contribution in [0.25, 0.3) is 16.3 Å². The molecule has 1 atom stereocenters. The van der Waals surface area contributed by atoms with Crippen LogP contribution in [0.15, 0.2) is 42.5 Å². The highest BCUT2D eigenvalue weighted by atomic mass is 35.5. The Morgan fingerprint density at radius 2 is 2.07 bits per heavy atom. The minimum atomic E-state index is -0.210. The van der Waals surface area contributed by atoms with E-state index in [1.54, 1.807) is 29.5 Å². The molecule has 0 radical (unpaired) electrons. The highest BCUT2D eigenvalue weighted by Gasteiger charge is 2.26. The number of hydrogen-bond acceptors (Lipinski definition) is 5. The van der Waals surface area contributed by atoms with Gasteiger partial charge in [-0.3, -0.25) is 4.79 Å². The Labute approximate surface area is 189 Å². The van der Waals surface area contributed by atoms with Crippen molar-refractivity contribution in [3.05, 3.63) is 58.1 Å². The molecule has 1 N–H and O–H groups in total. The molecule has 2 aromatic carbocycles. The number of halogens is 2. The molecule has 0 spiro atoms. The summed E-state index contributed by atoms with van der Waals surface area (Å²) < 4.78 is 1.06. The smallest absolute Gasteiger partial charge is 0.248 e. The maximum absolute atomic E-state index is 12.3. The Morgan fingerprint density at radius 3 is 2.80 bits per heavy atom. The number of carbonyl (C=O) groups excluding carboxylic acids is 1. The Morgan fingerprint density at radius 1 is 1.23 bits per heavy atom. The van der Waals surface area contributed by atoms with Crippen LogP contribution >= 0.6 is 34.5 Å². The molecule has 2 heterocycles. The molecule has 4 rings (SSSR count). The summed E-state index contributed by atoms with van der Waals surface area (Å²) in [6.45, 7) is 2.02. The first-order valence-electron chi connectivity index (χ1n) is 9.65. The fourth-order valence-corrected chi connectivity index (χ4v) is 4.78. The highest BCUT2D eigenvalue weighted by Crippen LogP contribution is 2.33. The number of fused-ring (bicyclic) bond motifs is 1. The largest absolute Gasteiger partial charge is 0.346 e. The van der Waals surface area contributed by atoms with E-state index in [0.29, 0.717) is 16.1 Å². The van der Waals surface area contributed by atoms with Gasteiger partial charge in [0.15, 0.2) is 5.13 Å². The third kappa shape index (κ3) is 4.78. The van der Waals surface area contributed by atoms with Gasteiger partial charge >= 0.3 is 0 Å². The number of thiazole rings is 1. The van der Waals surface area contributed by atoms with Gasteiger partial charge in [-0.25, -0.2) is 4.98 Å². The molecular weight excluding hydrogens is 439 g/mol. The van der Waals surface area contributed by atoms with E-state index in [0.717, 1.165) is 46.1 Å². The first-order valence-corrected chi connectivity index (χ1v) is 11.2. The maximum atomic E-state index is 12.3. The van der Waals surface area contributed by atoms with Gasteiger partial charge in [-0.1, -0.05) is 40.6 Å². The normalized spacial score (nSPS) is 16.8. The molecule has 0 saturated carbocycles. The molecule has 0 bridgehead atoms. The van der Waals surface area contributed by atoms with Crippen LogP contribution in [0.1, 0.15) is 12.0 Å². The lowest BCUT2D eigenvalue weighted by Crippen LogP contribution is -2.31. The number of aromatic nitrogens is 1. The molecule has 8 heteroatoms. The molecule has 5 nitrogen and oxygen atoms in total. The van der Waals surface area contributed by atoms with Crippen LogP contribution in [0.5, 0.6) is 0 Å². The third-order valence-corrected chi connectivity index (χ3v) is 7.00. The van der Waals surface area contributed by atoms with Gasteiger partial charge in [0.05, 0.1) is 20.3 Å². The lowest BCUT2D eigenvalue weighted by atomic mass is 10.2. The van der Waals surface area contributed by atoms with E-state index in [-0.39, 0.29) is 5.91 Å². The Bertz CT molecular complexity index is 1110. The summed E-state index contributed by atoms with van der Waals surface area (Å²) in [5.41, 5.74) is 2.51. The van der Waals surface area contributed by atoms with Gasteiger partial charge in [0.25, 0.3) is 0 Å². The van der Waals surface area contributed by atoms with Crippen LogP contribution in [0, 0.1) is 0 Å². The lowest BCUT2D eigenvalue weighted by molar-refractivity contribution is -0.111. The average Bonchev–Trinajstić information content (AvgIpc) is 3.35. The lowest BCUT2D eigenvalue weighted by Gasteiger charge is -2.19. The van der Waals surface area contributed by atoms with Crippen LogP contribution in [0.3, 0.4) is 0 Å². The number of likely N-dealkylation sites (N-methyl/N-ethyl adjacent to an activating group) is 1. The molecule has 1 unspecified atom stereocenters. The van der Waals surface area contributed by atoms with Crippen molar-refractivity contribution in [1.82, 2.24) is 9.88 Å². The second-order valence-corrected chi connectivity index (χ2v) is 9.35. The van der Waals surface area contributed by atoms with Gasteiger partial charge in [0, 0.05) is 30.9 Å². The molecule has 1 fully saturated rings. The fourth-order valence-electron chi connectivity index (χ4n) is 3.43. The first kappa shape index (κ1) is 21.1. The quantitative estimate of drug-likeness (QED) is 0.518. The van der Waals surface area contributed by atoms with Crippen molar-refractivity contribution in [3.63, 3.8) is 0 Å². The van der Waals surface area contributed by atoms with Crippen molar-refractivity contribution in [3.8, 4) is 0 Å². The summed E-state index contributed by atoms with van der Waals surface area (Å²) in [6.07, 6.45) is 4.33. The van der Waals surface area contributed by atoms with E-state index < -0.39 is 0 Å². The van der Waals surface area contributed by atoms with Crippen molar-refractivity contribution < 1.29 is 4.79 Å². The molecule has 30 heavy (non-hydrogen) atoms. The number of nitrogens with zero attached hydrogens (tertiary/aromatic N) is 3. The summed E-state index contributed by atoms with van der Waals surface area (Å²) in [4.78, 5) is 21.7. The molecular formula is C22H22Cl2N4OS. The molecule has 3 aromatic rings. The monoisotopic (exact) mass is 460 g/mol. The van der Waals surface area contributed by atoms with Crippen LogP contribution in [0.2, 0.25) is 10.0 Å². The third-order valence-electron chi connectivity index (χ3n) is 5.18. The summed E-state index contributed by atoms with van der Waals surface area (Å²) in [7, 11) is 4.24. The Kier molecular flexibility index (Phi) is 6.29. The van der Waals surface area contributed by atoms with Crippen LogP contribution in [-0.4, -0.2) is 49.0 Å². The number of hydrogen-bond donors (Lipinski definition) is 1. The number of nitrogens with one attached hydrogen (secondary N) is 1. The summed E-state index contributed by atoms with van der Waals surface area (Å²) in [5.74, 6) is -0.210. The van der Waals surface area contributed by atoms with Crippen LogP contribution in [0.4, 0.5) is 10.8 Å². The zero-order chi connectivity index (χ0) is 21.3. The number of carbonyl (C=O) groups is 1. The van der Waals surface area contributed by atoms with Gasteiger partial charge in [-0.15, -0.1) is 0 Å². The van der Waals surface area contributed by atoms with Crippen molar-refractivity contribution in [1.29, 1.82) is 0 Å². The predicted molar refractivity (Wildman–Crippen MR) is 128 cm³/mol. The van der Waals surface area contributed by atoms with Crippen molar-refractivity contribution in [2.24, 2.45) is 0 Å². The zero-order valence-electron chi connectivity index (χ0n) is 16.7. The average molecular weight is 461 g/mol. The molecule has 1 aromatic heterocycles. The summed E-state index contributed by atoms with van der Waals surface area (Å²) in [6, 6.07) is 11.6. The van der Waals surface area contributed by atoms with Gasteiger partial charge in [-0.2, -0.15) is 0 Å². The SMILES string of the molecule is CN(C)C1CCN(c2nc3ccc(NC(=O)C=Cc4ccc(Cl)c(Cl)c4)cc3s2)C1. The number of rotatable bonds is 5. The van der Waals surface area contributed by atoms with E-state index in [1.807, 2.05) is 24.3 Å². The first-order chi connectivity index (χ1) is 14.4. The van der Waals surface area contributed by atoms with Gasteiger partial charge in [0.1, 0.15) is 0 Å². The summed E-state index contributed by atoms with van der Waals surface area (Å²) in [5, 5.41) is 4.89. The predicted octanol–water partition coefficient (Wildman–Crippen LogP) is 5.40. The minimum absolute atomic E-state index is 0.210. The molecule has 1 aliphatic heterocycles. The van der Waals surface area contributed by atoms with Crippen molar-refractivity contribution >= 4 is 67.6 Å². The standard InChI is InChI=1S/C22H22Cl2N4OS/c1-27(2)16-9-10-28(13-16)22-26-19-7-5-15(12-20(19)30-22)25-21(29)8-4-14-3-6-17(23)18(24)11-14/h3-8,11-12,16H,9-10,13H2,1-2H3,(H,25,29).